The third-order valence-corrected chi connectivity index (χ3v) is 5.90. The number of hydrogen-bond acceptors (Lipinski definition) is 6. The summed E-state index contributed by atoms with van der Waals surface area (Å²) >= 11 is 0. The van der Waals surface area contributed by atoms with Crippen molar-refractivity contribution in [2.75, 3.05) is 19.8 Å². The molecule has 32 heavy (non-hydrogen) atoms. The summed E-state index contributed by atoms with van der Waals surface area (Å²) in [6.45, 7) is 1.04. The van der Waals surface area contributed by atoms with Gasteiger partial charge in [-0.2, -0.15) is 0 Å². The Labute approximate surface area is 187 Å². The van der Waals surface area contributed by atoms with Crippen molar-refractivity contribution in [3.63, 3.8) is 0 Å². The largest absolute Gasteiger partial charge is 0.389 e. The van der Waals surface area contributed by atoms with Crippen LogP contribution in [0.15, 0.2) is 54.9 Å². The molecule has 2 aromatic rings. The van der Waals surface area contributed by atoms with E-state index in [4.69, 9.17) is 9.47 Å². The van der Waals surface area contributed by atoms with E-state index in [1.165, 1.54) is 6.20 Å². The van der Waals surface area contributed by atoms with Gasteiger partial charge in [0, 0.05) is 25.5 Å². The predicted molar refractivity (Wildman–Crippen MR) is 117 cm³/mol. The van der Waals surface area contributed by atoms with Crippen LogP contribution in [0, 0.1) is 0 Å². The van der Waals surface area contributed by atoms with Crippen molar-refractivity contribution >= 4 is 11.8 Å². The highest BCUT2D eigenvalue weighted by molar-refractivity contribution is 5.94. The second kappa shape index (κ2) is 10.7. The average molecular weight is 440 g/mol. The van der Waals surface area contributed by atoms with Gasteiger partial charge in [0.1, 0.15) is 6.10 Å². The van der Waals surface area contributed by atoms with E-state index in [0.29, 0.717) is 24.9 Å². The molecule has 2 amide bonds. The molecule has 0 unspecified atom stereocenters. The van der Waals surface area contributed by atoms with E-state index in [0.717, 1.165) is 5.56 Å². The standard InChI is InChI=1S/C24H29N3O5/c28-19-14-27(24(30)18-7-4-10-25-13-18)21-9-8-20(32-22(21)16-31-15-19)11-23(29)26-12-17-5-2-1-3-6-17/h1-7,10,13,19-22,28H,8-9,11-12,14-16H2,(H,26,29)/t19-,20-,21-,22+/m0/s1. The van der Waals surface area contributed by atoms with Crippen molar-refractivity contribution in [1.82, 2.24) is 15.2 Å². The number of nitrogens with one attached hydrogen (secondary N) is 1. The van der Waals surface area contributed by atoms with Gasteiger partial charge in [-0.25, -0.2) is 0 Å². The number of hydrogen-bond donors (Lipinski definition) is 2. The molecule has 1 aromatic heterocycles. The molecule has 8 nitrogen and oxygen atoms in total. The molecule has 0 radical (unpaired) electrons. The van der Waals surface area contributed by atoms with Gasteiger partial charge in [-0.3, -0.25) is 14.6 Å². The van der Waals surface area contributed by atoms with E-state index in [9.17, 15) is 14.7 Å². The van der Waals surface area contributed by atoms with Crippen molar-refractivity contribution in [2.45, 2.75) is 50.2 Å². The van der Waals surface area contributed by atoms with Gasteiger partial charge in [0.25, 0.3) is 5.91 Å². The highest BCUT2D eigenvalue weighted by Gasteiger charge is 2.40. The van der Waals surface area contributed by atoms with Crippen molar-refractivity contribution in [3.8, 4) is 0 Å². The van der Waals surface area contributed by atoms with Crippen LogP contribution in [0.4, 0.5) is 0 Å². The van der Waals surface area contributed by atoms with Crippen molar-refractivity contribution in [1.29, 1.82) is 0 Å². The fraction of sp³-hybridized carbons (Fsp3) is 0.458. The zero-order valence-corrected chi connectivity index (χ0v) is 17.9. The molecule has 2 N–H and O–H groups in total. The lowest BCUT2D eigenvalue weighted by atomic mass is 9.94. The van der Waals surface area contributed by atoms with Gasteiger partial charge < -0.3 is 24.8 Å². The lowest BCUT2D eigenvalue weighted by Crippen LogP contribution is -2.57. The Hall–Kier alpha value is -2.81. The van der Waals surface area contributed by atoms with Gasteiger partial charge in [0.05, 0.1) is 43.4 Å². The number of aliphatic hydroxyl groups is 1. The minimum Gasteiger partial charge on any atom is -0.389 e. The fourth-order valence-electron chi connectivity index (χ4n) is 4.30. The number of benzene rings is 1. The summed E-state index contributed by atoms with van der Waals surface area (Å²) in [6, 6.07) is 13.0. The summed E-state index contributed by atoms with van der Waals surface area (Å²) in [6.07, 6.45) is 3.36. The number of aliphatic hydroxyl groups excluding tert-OH is 1. The number of pyridine rings is 1. The molecule has 0 bridgehead atoms. The molecule has 2 saturated heterocycles. The molecule has 2 aliphatic heterocycles. The Balaban J connectivity index is 1.38. The molecule has 170 valence electrons. The third-order valence-electron chi connectivity index (χ3n) is 5.90. The van der Waals surface area contributed by atoms with E-state index in [1.54, 1.807) is 23.2 Å². The zero-order valence-electron chi connectivity index (χ0n) is 17.9. The Bertz CT molecular complexity index is 895. The molecule has 0 spiro atoms. The first-order valence-corrected chi connectivity index (χ1v) is 11.0. The van der Waals surface area contributed by atoms with Crippen LogP contribution in [0.1, 0.15) is 35.2 Å². The molecule has 4 rings (SSSR count). The molecule has 1 aromatic carbocycles. The molecule has 2 aliphatic rings. The van der Waals surface area contributed by atoms with Crippen molar-refractivity contribution in [3.05, 3.63) is 66.0 Å². The van der Waals surface area contributed by atoms with Crippen molar-refractivity contribution in [2.24, 2.45) is 0 Å². The quantitative estimate of drug-likeness (QED) is 0.733. The number of β-amino-alcohol motifs (C(OH)–C–C–N with tert-alkyl or cyclic N) is 1. The normalized spacial score (nSPS) is 25.8. The Morgan fingerprint density at radius 1 is 1.12 bits per heavy atom. The number of nitrogens with zero attached hydrogens (tertiary/aromatic N) is 2. The summed E-state index contributed by atoms with van der Waals surface area (Å²) in [5.74, 6) is -0.250. The summed E-state index contributed by atoms with van der Waals surface area (Å²) in [4.78, 5) is 31.3. The van der Waals surface area contributed by atoms with E-state index >= 15 is 0 Å². The lowest BCUT2D eigenvalue weighted by Gasteiger charge is -2.44. The number of ether oxygens (including phenoxy) is 2. The van der Waals surface area contributed by atoms with Gasteiger partial charge in [-0.05, 0) is 30.5 Å². The van der Waals surface area contributed by atoms with E-state index in [2.05, 4.69) is 10.3 Å². The van der Waals surface area contributed by atoms with Crippen molar-refractivity contribution < 1.29 is 24.2 Å². The van der Waals surface area contributed by atoms with E-state index < -0.39 is 6.10 Å². The third kappa shape index (κ3) is 5.70. The number of carbonyl (C=O) groups excluding carboxylic acids is 2. The SMILES string of the molecule is O=C(C[C@@H]1CC[C@H]2[C@@H](COC[C@@H](O)CN2C(=O)c2cccnc2)O1)NCc1ccccc1. The van der Waals surface area contributed by atoms with Crippen LogP contribution in [-0.4, -0.2) is 70.9 Å². The molecular formula is C24H29N3O5. The summed E-state index contributed by atoms with van der Waals surface area (Å²) in [5, 5.41) is 13.2. The highest BCUT2D eigenvalue weighted by atomic mass is 16.5. The van der Waals surface area contributed by atoms with Crippen LogP contribution in [0.5, 0.6) is 0 Å². The van der Waals surface area contributed by atoms with Crippen LogP contribution in [0.2, 0.25) is 0 Å². The second-order valence-corrected chi connectivity index (χ2v) is 8.30. The van der Waals surface area contributed by atoms with Gasteiger partial charge >= 0.3 is 0 Å². The van der Waals surface area contributed by atoms with Gasteiger partial charge in [-0.15, -0.1) is 0 Å². The Kier molecular flexibility index (Phi) is 7.47. The molecule has 8 heteroatoms. The first-order chi connectivity index (χ1) is 15.6. The van der Waals surface area contributed by atoms with Gasteiger partial charge in [0.15, 0.2) is 0 Å². The average Bonchev–Trinajstić information content (AvgIpc) is 2.81. The molecule has 0 saturated carbocycles. The maximum Gasteiger partial charge on any atom is 0.255 e. The van der Waals surface area contributed by atoms with Crippen LogP contribution in [0.3, 0.4) is 0 Å². The Morgan fingerprint density at radius 3 is 2.75 bits per heavy atom. The second-order valence-electron chi connectivity index (χ2n) is 8.30. The topological polar surface area (TPSA) is 101 Å². The summed E-state index contributed by atoms with van der Waals surface area (Å²) in [7, 11) is 0. The smallest absolute Gasteiger partial charge is 0.255 e. The lowest BCUT2D eigenvalue weighted by molar-refractivity contribution is -0.151. The summed E-state index contributed by atoms with van der Waals surface area (Å²) in [5.41, 5.74) is 1.52. The number of carbonyl (C=O) groups is 2. The maximum absolute atomic E-state index is 13.2. The molecule has 4 atom stereocenters. The number of amides is 2. The van der Waals surface area contributed by atoms with E-state index in [1.807, 2.05) is 30.3 Å². The number of rotatable bonds is 5. The first kappa shape index (κ1) is 22.4. The molecular weight excluding hydrogens is 410 g/mol. The van der Waals surface area contributed by atoms with Gasteiger partial charge in [-0.1, -0.05) is 30.3 Å². The first-order valence-electron chi connectivity index (χ1n) is 11.0. The molecule has 0 aliphatic carbocycles. The molecule has 2 fully saturated rings. The predicted octanol–water partition coefficient (Wildman–Crippen LogP) is 1.54. The van der Waals surface area contributed by atoms with Gasteiger partial charge in [0.2, 0.25) is 5.91 Å². The number of aromatic nitrogens is 1. The monoisotopic (exact) mass is 439 g/mol. The maximum atomic E-state index is 13.2. The summed E-state index contributed by atoms with van der Waals surface area (Å²) < 4.78 is 11.8. The minimum absolute atomic E-state index is 0.0669. The molecule has 3 heterocycles. The van der Waals surface area contributed by atoms with Crippen LogP contribution >= 0.6 is 0 Å². The Morgan fingerprint density at radius 2 is 1.97 bits per heavy atom. The van der Waals surface area contributed by atoms with Crippen LogP contribution in [0.25, 0.3) is 0 Å². The fourth-order valence-corrected chi connectivity index (χ4v) is 4.30. The zero-order chi connectivity index (χ0) is 22.3. The van der Waals surface area contributed by atoms with Crippen LogP contribution < -0.4 is 5.32 Å². The van der Waals surface area contributed by atoms with E-state index in [-0.39, 0.29) is 56.2 Å². The highest BCUT2D eigenvalue weighted by Crippen LogP contribution is 2.28. The minimum atomic E-state index is -0.766. The number of fused-ring (bicyclic) bond motifs is 1. The van der Waals surface area contributed by atoms with Crippen LogP contribution in [-0.2, 0) is 20.8 Å².